The molecule has 0 rings (SSSR count). The maximum Gasteiger partial charge on any atom is 0.225 e. The van der Waals surface area contributed by atoms with Crippen LogP contribution < -0.4 is 5.32 Å². The van der Waals surface area contributed by atoms with Gasteiger partial charge in [0.15, 0.2) is 0 Å². The second kappa shape index (κ2) is 6.07. The Labute approximate surface area is 127 Å². The lowest BCUT2D eigenvalue weighted by Crippen LogP contribution is -2.42. The highest BCUT2D eigenvalue weighted by molar-refractivity contribution is 5.81. The van der Waals surface area contributed by atoms with E-state index in [1.165, 1.54) is 6.42 Å². The molecule has 0 aromatic rings. The molecule has 1 N–H and O–H groups in total. The van der Waals surface area contributed by atoms with Crippen LogP contribution in [-0.2, 0) is 4.79 Å². The van der Waals surface area contributed by atoms with Crippen molar-refractivity contribution in [1.29, 1.82) is 0 Å². The molecule has 0 aliphatic carbocycles. The SMILES string of the molecule is CC(C)(C)CC(C)(C)CC(C)(C)CNC(=O)C(C)(C)C. The minimum Gasteiger partial charge on any atom is -0.355 e. The molecule has 0 spiro atoms. The Balaban J connectivity index is 4.56. The number of carbonyl (C=O) groups excluding carboxylic acids is 1. The van der Waals surface area contributed by atoms with Gasteiger partial charge in [0.05, 0.1) is 0 Å². The average molecular weight is 284 g/mol. The number of carbonyl (C=O) groups is 1. The smallest absolute Gasteiger partial charge is 0.225 e. The Hall–Kier alpha value is -0.530. The van der Waals surface area contributed by atoms with Crippen molar-refractivity contribution in [3.05, 3.63) is 0 Å². The van der Waals surface area contributed by atoms with Gasteiger partial charge in [0.1, 0.15) is 0 Å². The molecule has 20 heavy (non-hydrogen) atoms. The third-order valence-corrected chi connectivity index (χ3v) is 3.37. The van der Waals surface area contributed by atoms with Crippen molar-refractivity contribution in [3.63, 3.8) is 0 Å². The second-order valence-corrected chi connectivity index (χ2v) is 10.2. The normalized spacial score (nSPS) is 14.3. The predicted molar refractivity (Wildman–Crippen MR) is 88.7 cm³/mol. The fraction of sp³-hybridized carbons (Fsp3) is 0.944. The molecule has 0 radical (unpaired) electrons. The van der Waals surface area contributed by atoms with Crippen molar-refractivity contribution in [3.8, 4) is 0 Å². The van der Waals surface area contributed by atoms with Gasteiger partial charge in [-0.3, -0.25) is 4.79 Å². The standard InChI is InChI=1S/C18H37NO/c1-15(2,3)11-17(7,8)12-18(9,10)13-19-14(20)16(4,5)6/h11-13H2,1-10H3,(H,19,20). The van der Waals surface area contributed by atoms with Crippen LogP contribution in [0.2, 0.25) is 0 Å². The Kier molecular flexibility index (Phi) is 5.91. The van der Waals surface area contributed by atoms with E-state index in [0.29, 0.717) is 5.41 Å². The quantitative estimate of drug-likeness (QED) is 0.753. The van der Waals surface area contributed by atoms with E-state index in [-0.39, 0.29) is 22.2 Å². The summed E-state index contributed by atoms with van der Waals surface area (Å²) in [5.74, 6) is 0.138. The van der Waals surface area contributed by atoms with Gasteiger partial charge in [-0.25, -0.2) is 0 Å². The molecule has 0 unspecified atom stereocenters. The zero-order valence-electron chi connectivity index (χ0n) is 15.5. The number of nitrogens with one attached hydrogen (secondary N) is 1. The molecule has 0 saturated carbocycles. The van der Waals surface area contributed by atoms with Gasteiger partial charge in [-0.1, -0.05) is 69.2 Å². The van der Waals surface area contributed by atoms with Gasteiger partial charge in [0, 0.05) is 12.0 Å². The van der Waals surface area contributed by atoms with Crippen LogP contribution in [0.1, 0.15) is 82.1 Å². The number of hydrogen-bond acceptors (Lipinski definition) is 1. The summed E-state index contributed by atoms with van der Waals surface area (Å²) in [7, 11) is 0. The third-order valence-electron chi connectivity index (χ3n) is 3.37. The molecule has 0 aromatic carbocycles. The van der Waals surface area contributed by atoms with E-state index in [4.69, 9.17) is 0 Å². The highest BCUT2D eigenvalue weighted by Crippen LogP contribution is 2.41. The highest BCUT2D eigenvalue weighted by atomic mass is 16.2. The molecule has 2 heteroatoms. The molecule has 1 amide bonds. The van der Waals surface area contributed by atoms with Gasteiger partial charge in [-0.15, -0.1) is 0 Å². The van der Waals surface area contributed by atoms with Gasteiger partial charge in [-0.2, -0.15) is 0 Å². The van der Waals surface area contributed by atoms with Crippen molar-refractivity contribution in [2.75, 3.05) is 6.54 Å². The Bertz CT molecular complexity index is 326. The minimum atomic E-state index is -0.309. The monoisotopic (exact) mass is 283 g/mol. The van der Waals surface area contributed by atoms with Crippen molar-refractivity contribution in [1.82, 2.24) is 5.32 Å². The highest BCUT2D eigenvalue weighted by Gasteiger charge is 2.33. The summed E-state index contributed by atoms with van der Waals surface area (Å²) < 4.78 is 0. The van der Waals surface area contributed by atoms with Gasteiger partial charge in [0.2, 0.25) is 5.91 Å². The summed E-state index contributed by atoms with van der Waals surface area (Å²) in [5.41, 5.74) is 0.440. The molecule has 0 bridgehead atoms. The molecular formula is C18H37NO. The molecule has 0 atom stereocenters. The van der Waals surface area contributed by atoms with E-state index in [0.717, 1.165) is 13.0 Å². The molecule has 0 aliphatic rings. The molecule has 0 saturated heterocycles. The van der Waals surface area contributed by atoms with Crippen molar-refractivity contribution < 1.29 is 4.79 Å². The summed E-state index contributed by atoms with van der Waals surface area (Å²) in [6.45, 7) is 22.7. The van der Waals surface area contributed by atoms with E-state index in [9.17, 15) is 4.79 Å². The largest absolute Gasteiger partial charge is 0.355 e. The van der Waals surface area contributed by atoms with Crippen LogP contribution in [0.25, 0.3) is 0 Å². The average Bonchev–Trinajstić information content (AvgIpc) is 2.06. The lowest BCUT2D eigenvalue weighted by molar-refractivity contribution is -0.129. The fourth-order valence-electron chi connectivity index (χ4n) is 3.44. The first-order valence-corrected chi connectivity index (χ1v) is 7.83. The summed E-state index contributed by atoms with van der Waals surface area (Å²) in [6.07, 6.45) is 2.30. The molecule has 2 nitrogen and oxygen atoms in total. The van der Waals surface area contributed by atoms with E-state index >= 15 is 0 Å². The van der Waals surface area contributed by atoms with Crippen molar-refractivity contribution >= 4 is 5.91 Å². The lowest BCUT2D eigenvalue weighted by Gasteiger charge is -2.39. The van der Waals surface area contributed by atoms with Crippen molar-refractivity contribution in [2.24, 2.45) is 21.7 Å². The second-order valence-electron chi connectivity index (χ2n) is 10.2. The first-order valence-electron chi connectivity index (χ1n) is 7.83. The minimum absolute atomic E-state index is 0.121. The third kappa shape index (κ3) is 8.60. The van der Waals surface area contributed by atoms with Gasteiger partial charge in [0.25, 0.3) is 0 Å². The van der Waals surface area contributed by atoms with Crippen LogP contribution in [0.15, 0.2) is 0 Å². The van der Waals surface area contributed by atoms with Gasteiger partial charge >= 0.3 is 0 Å². The lowest BCUT2D eigenvalue weighted by atomic mass is 9.68. The molecule has 0 fully saturated rings. The Morgan fingerprint density at radius 2 is 1.20 bits per heavy atom. The van der Waals surface area contributed by atoms with E-state index in [1.54, 1.807) is 0 Å². The maximum absolute atomic E-state index is 12.0. The first-order chi connectivity index (χ1) is 8.54. The van der Waals surface area contributed by atoms with Crippen LogP contribution in [0.5, 0.6) is 0 Å². The summed E-state index contributed by atoms with van der Waals surface area (Å²) in [5, 5.41) is 3.11. The van der Waals surface area contributed by atoms with Crippen LogP contribution in [0.4, 0.5) is 0 Å². The maximum atomic E-state index is 12.0. The predicted octanol–water partition coefficient (Wildman–Crippen LogP) is 5.03. The van der Waals surface area contributed by atoms with Crippen LogP contribution >= 0.6 is 0 Å². The van der Waals surface area contributed by atoms with Gasteiger partial charge in [-0.05, 0) is 29.1 Å². The molecular weight excluding hydrogens is 246 g/mol. The van der Waals surface area contributed by atoms with Crippen LogP contribution in [0, 0.1) is 21.7 Å². The van der Waals surface area contributed by atoms with Crippen LogP contribution in [0.3, 0.4) is 0 Å². The summed E-state index contributed by atoms with van der Waals surface area (Å²) in [4.78, 5) is 12.0. The van der Waals surface area contributed by atoms with E-state index in [2.05, 4.69) is 53.8 Å². The zero-order valence-corrected chi connectivity index (χ0v) is 15.5. The Morgan fingerprint density at radius 1 is 0.750 bits per heavy atom. The molecule has 0 heterocycles. The van der Waals surface area contributed by atoms with E-state index in [1.807, 2.05) is 20.8 Å². The number of hydrogen-bond donors (Lipinski definition) is 1. The molecule has 0 aromatic heterocycles. The number of rotatable bonds is 5. The molecule has 120 valence electrons. The summed E-state index contributed by atoms with van der Waals surface area (Å²) in [6, 6.07) is 0. The fourth-order valence-corrected chi connectivity index (χ4v) is 3.44. The van der Waals surface area contributed by atoms with E-state index < -0.39 is 0 Å². The molecule has 0 aliphatic heterocycles. The summed E-state index contributed by atoms with van der Waals surface area (Å²) >= 11 is 0. The first kappa shape index (κ1) is 19.5. The Morgan fingerprint density at radius 3 is 1.55 bits per heavy atom. The zero-order chi connectivity index (χ0) is 16.4. The van der Waals surface area contributed by atoms with Gasteiger partial charge < -0.3 is 5.32 Å². The number of amides is 1. The van der Waals surface area contributed by atoms with Crippen molar-refractivity contribution in [2.45, 2.75) is 82.1 Å². The topological polar surface area (TPSA) is 29.1 Å². The van der Waals surface area contributed by atoms with Crippen LogP contribution in [-0.4, -0.2) is 12.5 Å².